The minimum absolute atomic E-state index is 0.0366. The van der Waals surface area contributed by atoms with Gasteiger partial charge in [-0.05, 0) is 29.8 Å². The van der Waals surface area contributed by atoms with E-state index in [4.69, 9.17) is 9.15 Å². The van der Waals surface area contributed by atoms with Crippen molar-refractivity contribution in [2.24, 2.45) is 0 Å². The Kier molecular flexibility index (Phi) is 5.02. The van der Waals surface area contributed by atoms with E-state index < -0.39 is 17.7 Å². The molecule has 7 heteroatoms. The fourth-order valence-electron chi connectivity index (χ4n) is 3.58. The number of hydrogen-bond donors (Lipinski definition) is 2. The molecule has 1 saturated heterocycles. The van der Waals surface area contributed by atoms with Crippen molar-refractivity contribution in [2.75, 3.05) is 7.11 Å². The standard InChI is InChI=1S/C23H19NO6/c1-29-18-12-15(9-10-17(18)25)20-19(21(26)14-6-3-2-4-7-14)22(27)23(28)24(20)13-16-8-5-11-30-16/h2-12,20,25-26H,13H2,1H3/b21-19+/t20-/m1/s1. The summed E-state index contributed by atoms with van der Waals surface area (Å²) in [5.41, 5.74) is 0.891. The third kappa shape index (κ3) is 3.30. The first kappa shape index (κ1) is 19.3. The lowest BCUT2D eigenvalue weighted by molar-refractivity contribution is -0.140. The molecule has 1 aliphatic rings. The van der Waals surface area contributed by atoms with E-state index in [0.29, 0.717) is 16.9 Å². The number of carbonyl (C=O) groups excluding carboxylic acids is 2. The molecule has 0 aliphatic carbocycles. The number of methoxy groups -OCH3 is 1. The second kappa shape index (κ2) is 7.79. The highest BCUT2D eigenvalue weighted by atomic mass is 16.5. The summed E-state index contributed by atoms with van der Waals surface area (Å²) in [7, 11) is 1.41. The van der Waals surface area contributed by atoms with Gasteiger partial charge in [0.1, 0.15) is 11.5 Å². The first-order valence-electron chi connectivity index (χ1n) is 9.24. The van der Waals surface area contributed by atoms with Gasteiger partial charge in [0.25, 0.3) is 11.7 Å². The molecule has 1 atom stereocenters. The number of hydrogen-bond acceptors (Lipinski definition) is 6. The Morgan fingerprint density at radius 3 is 2.53 bits per heavy atom. The lowest BCUT2D eigenvalue weighted by Crippen LogP contribution is -2.29. The zero-order chi connectivity index (χ0) is 21.3. The molecule has 0 unspecified atom stereocenters. The largest absolute Gasteiger partial charge is 0.507 e. The van der Waals surface area contributed by atoms with Crippen molar-refractivity contribution >= 4 is 17.4 Å². The smallest absolute Gasteiger partial charge is 0.296 e. The van der Waals surface area contributed by atoms with Crippen LogP contribution in [-0.2, 0) is 16.1 Å². The summed E-state index contributed by atoms with van der Waals surface area (Å²) in [6.45, 7) is 0.0387. The van der Waals surface area contributed by atoms with Gasteiger partial charge in [0.05, 0.1) is 31.5 Å². The maximum absolute atomic E-state index is 12.9. The molecule has 1 amide bonds. The Bertz CT molecular complexity index is 1120. The quantitative estimate of drug-likeness (QED) is 0.382. The molecule has 1 aliphatic heterocycles. The van der Waals surface area contributed by atoms with Gasteiger partial charge >= 0.3 is 0 Å². The van der Waals surface area contributed by atoms with Crippen LogP contribution >= 0.6 is 0 Å². The van der Waals surface area contributed by atoms with Gasteiger partial charge in [-0.15, -0.1) is 0 Å². The molecular weight excluding hydrogens is 386 g/mol. The van der Waals surface area contributed by atoms with Gasteiger partial charge in [0.15, 0.2) is 11.5 Å². The molecule has 2 heterocycles. The number of amides is 1. The van der Waals surface area contributed by atoms with E-state index in [2.05, 4.69) is 0 Å². The fraction of sp³-hybridized carbons (Fsp3) is 0.130. The molecule has 0 spiro atoms. The molecule has 1 aromatic heterocycles. The van der Waals surface area contributed by atoms with Crippen molar-refractivity contribution in [3.05, 3.63) is 89.4 Å². The molecule has 152 valence electrons. The number of furan rings is 1. The van der Waals surface area contributed by atoms with E-state index in [-0.39, 0.29) is 29.4 Å². The van der Waals surface area contributed by atoms with E-state index in [9.17, 15) is 19.8 Å². The summed E-state index contributed by atoms with van der Waals surface area (Å²) in [5.74, 6) is -1.20. The number of benzene rings is 2. The summed E-state index contributed by atoms with van der Waals surface area (Å²) in [5, 5.41) is 20.9. The zero-order valence-corrected chi connectivity index (χ0v) is 16.1. The van der Waals surface area contributed by atoms with Gasteiger partial charge in [-0.2, -0.15) is 0 Å². The highest BCUT2D eigenvalue weighted by molar-refractivity contribution is 6.46. The average Bonchev–Trinajstić information content (AvgIpc) is 3.37. The predicted molar refractivity (Wildman–Crippen MR) is 108 cm³/mol. The Labute approximate surface area is 172 Å². The van der Waals surface area contributed by atoms with Gasteiger partial charge < -0.3 is 24.3 Å². The summed E-state index contributed by atoms with van der Waals surface area (Å²) in [6.07, 6.45) is 1.48. The highest BCUT2D eigenvalue weighted by Gasteiger charge is 2.46. The fourth-order valence-corrected chi connectivity index (χ4v) is 3.58. The number of aliphatic hydroxyl groups is 1. The van der Waals surface area contributed by atoms with Gasteiger partial charge in [-0.3, -0.25) is 9.59 Å². The monoisotopic (exact) mass is 405 g/mol. The van der Waals surface area contributed by atoms with Gasteiger partial charge in [0.2, 0.25) is 0 Å². The topological polar surface area (TPSA) is 100 Å². The van der Waals surface area contributed by atoms with E-state index >= 15 is 0 Å². The van der Waals surface area contributed by atoms with E-state index in [1.165, 1.54) is 24.3 Å². The summed E-state index contributed by atoms with van der Waals surface area (Å²) < 4.78 is 10.5. The Morgan fingerprint density at radius 2 is 1.87 bits per heavy atom. The minimum Gasteiger partial charge on any atom is -0.507 e. The first-order chi connectivity index (χ1) is 14.5. The summed E-state index contributed by atoms with van der Waals surface area (Å²) in [4.78, 5) is 27.2. The second-order valence-corrected chi connectivity index (χ2v) is 6.80. The number of Topliss-reactive ketones (excluding diaryl/α,β-unsaturated/α-hetero) is 1. The lowest BCUT2D eigenvalue weighted by Gasteiger charge is -2.25. The third-order valence-electron chi connectivity index (χ3n) is 5.01. The van der Waals surface area contributed by atoms with Gasteiger partial charge in [-0.1, -0.05) is 36.4 Å². The van der Waals surface area contributed by atoms with E-state index in [1.54, 1.807) is 54.6 Å². The maximum Gasteiger partial charge on any atom is 0.296 e. The van der Waals surface area contributed by atoms with Crippen LogP contribution in [0, 0.1) is 0 Å². The van der Waals surface area contributed by atoms with Crippen LogP contribution in [-0.4, -0.2) is 33.9 Å². The van der Waals surface area contributed by atoms with Crippen LogP contribution < -0.4 is 4.74 Å². The maximum atomic E-state index is 12.9. The van der Waals surface area contributed by atoms with Crippen molar-refractivity contribution in [1.29, 1.82) is 0 Å². The number of carbonyl (C=O) groups is 2. The van der Waals surface area contributed by atoms with Gasteiger partial charge in [-0.25, -0.2) is 0 Å². The van der Waals surface area contributed by atoms with Crippen LogP contribution in [0.4, 0.5) is 0 Å². The molecule has 2 aromatic carbocycles. The van der Waals surface area contributed by atoms with Crippen molar-refractivity contribution in [3.63, 3.8) is 0 Å². The van der Waals surface area contributed by atoms with Crippen molar-refractivity contribution < 1.29 is 29.0 Å². The third-order valence-corrected chi connectivity index (χ3v) is 5.01. The molecule has 1 fully saturated rings. The normalized spacial score (nSPS) is 18.0. The molecule has 0 saturated carbocycles. The Hall–Kier alpha value is -4.00. The number of rotatable bonds is 5. The van der Waals surface area contributed by atoms with Crippen LogP contribution in [0.2, 0.25) is 0 Å². The van der Waals surface area contributed by atoms with Crippen LogP contribution in [0.15, 0.2) is 76.9 Å². The molecular formula is C23H19NO6. The summed E-state index contributed by atoms with van der Waals surface area (Å²) in [6, 6.07) is 15.6. The SMILES string of the molecule is COc1cc([C@@H]2/C(=C(\O)c3ccccc3)C(=O)C(=O)N2Cc2ccco2)ccc1O. The number of aliphatic hydroxyl groups excluding tert-OH is 1. The van der Waals surface area contributed by atoms with Gasteiger partial charge in [0, 0.05) is 5.56 Å². The highest BCUT2D eigenvalue weighted by Crippen LogP contribution is 2.42. The van der Waals surface area contributed by atoms with E-state index in [1.807, 2.05) is 0 Å². The molecule has 2 N–H and O–H groups in total. The molecule has 0 radical (unpaired) electrons. The Balaban J connectivity index is 1.89. The van der Waals surface area contributed by atoms with Crippen LogP contribution in [0.25, 0.3) is 5.76 Å². The number of ether oxygens (including phenoxy) is 1. The average molecular weight is 405 g/mol. The van der Waals surface area contributed by atoms with Crippen molar-refractivity contribution in [1.82, 2.24) is 4.90 Å². The number of aromatic hydroxyl groups is 1. The lowest BCUT2D eigenvalue weighted by atomic mass is 9.95. The number of phenolic OH excluding ortho intramolecular Hbond substituents is 1. The first-order valence-corrected chi connectivity index (χ1v) is 9.24. The molecule has 4 rings (SSSR count). The number of phenols is 1. The van der Waals surface area contributed by atoms with E-state index in [0.717, 1.165) is 0 Å². The molecule has 0 bridgehead atoms. The predicted octanol–water partition coefficient (Wildman–Crippen LogP) is 3.62. The Morgan fingerprint density at radius 1 is 1.10 bits per heavy atom. The number of likely N-dealkylation sites (tertiary alicyclic amines) is 1. The van der Waals surface area contributed by atoms with Crippen LogP contribution in [0.5, 0.6) is 11.5 Å². The van der Waals surface area contributed by atoms with Crippen LogP contribution in [0.1, 0.15) is 22.9 Å². The summed E-state index contributed by atoms with van der Waals surface area (Å²) >= 11 is 0. The molecule has 7 nitrogen and oxygen atoms in total. The molecule has 3 aromatic rings. The zero-order valence-electron chi connectivity index (χ0n) is 16.1. The minimum atomic E-state index is -0.884. The van der Waals surface area contributed by atoms with Crippen LogP contribution in [0.3, 0.4) is 0 Å². The van der Waals surface area contributed by atoms with Crippen molar-refractivity contribution in [3.8, 4) is 11.5 Å². The van der Waals surface area contributed by atoms with Crippen molar-refractivity contribution in [2.45, 2.75) is 12.6 Å². The number of nitrogens with zero attached hydrogens (tertiary/aromatic N) is 1. The number of ketones is 1. The second-order valence-electron chi connectivity index (χ2n) is 6.80. The molecule has 30 heavy (non-hydrogen) atoms.